The number of aryl methyl sites for hydroxylation is 1. The minimum absolute atomic E-state index is 0.0937. The van der Waals surface area contributed by atoms with Gasteiger partial charge in [0.25, 0.3) is 0 Å². The summed E-state index contributed by atoms with van der Waals surface area (Å²) in [6.07, 6.45) is 3.15. The molecule has 11 heteroatoms. The van der Waals surface area contributed by atoms with Crippen LogP contribution in [0.1, 0.15) is 72.3 Å². The van der Waals surface area contributed by atoms with E-state index in [0.29, 0.717) is 26.2 Å². The molecule has 0 atom stereocenters. The number of benzene rings is 6. The van der Waals surface area contributed by atoms with Gasteiger partial charge in [-0.25, -0.2) is 0 Å². The van der Waals surface area contributed by atoms with Crippen LogP contribution in [-0.2, 0) is 25.7 Å². The summed E-state index contributed by atoms with van der Waals surface area (Å²) < 4.78 is 2.94. The summed E-state index contributed by atoms with van der Waals surface area (Å²) in [6, 6.07) is 40.6. The molecule has 0 aliphatic rings. The van der Waals surface area contributed by atoms with Gasteiger partial charge in [-0.15, -0.1) is 0 Å². The largest absolute Gasteiger partial charge is 0.370 e. The highest BCUT2D eigenvalue weighted by atomic mass is 79.9. The topological polar surface area (TPSA) is 181 Å². The molecule has 6 aromatic rings. The van der Waals surface area contributed by atoms with Crippen LogP contribution in [0.25, 0.3) is 0 Å². The predicted molar refractivity (Wildman–Crippen MR) is 285 cm³/mol. The number of rotatable bonds is 10. The lowest BCUT2D eigenvalue weighted by atomic mass is 10.0. The minimum Gasteiger partial charge on any atom is -0.370 e. The van der Waals surface area contributed by atoms with E-state index < -0.39 is 0 Å². The highest BCUT2D eigenvalue weighted by Gasteiger charge is 2.02. The van der Waals surface area contributed by atoms with E-state index in [1.165, 1.54) is 16.7 Å². The van der Waals surface area contributed by atoms with Gasteiger partial charge in [-0.05, 0) is 177 Å². The lowest BCUT2D eigenvalue weighted by Gasteiger charge is -2.02. The third-order valence-electron chi connectivity index (χ3n) is 9.40. The van der Waals surface area contributed by atoms with E-state index >= 15 is 0 Å². The van der Waals surface area contributed by atoms with E-state index in [9.17, 15) is 0 Å². The molecule has 0 radical (unpaired) electrons. The van der Waals surface area contributed by atoms with Crippen molar-refractivity contribution in [2.75, 3.05) is 26.2 Å². The van der Waals surface area contributed by atoms with Crippen LogP contribution in [0.15, 0.2) is 145 Å². The second-order valence-electron chi connectivity index (χ2n) is 15.1. The summed E-state index contributed by atoms with van der Waals surface area (Å²) >= 11 is 10.7. The van der Waals surface area contributed by atoms with Crippen LogP contribution >= 0.6 is 47.8 Å². The molecule has 6 aromatic carbocycles. The molecule has 0 aliphatic carbocycles. The summed E-state index contributed by atoms with van der Waals surface area (Å²) in [5.74, 6) is 26.2. The quantitative estimate of drug-likeness (QED) is 0.0457. The highest BCUT2D eigenvalue weighted by molar-refractivity contribution is 9.11. The van der Waals surface area contributed by atoms with Crippen LogP contribution < -0.4 is 34.4 Å². The molecule has 0 fully saturated rings. The van der Waals surface area contributed by atoms with Crippen molar-refractivity contribution in [3.8, 4) is 47.4 Å². The maximum absolute atomic E-state index is 5.69. The summed E-state index contributed by atoms with van der Waals surface area (Å²) in [4.78, 5) is 8.08. The molecule has 0 aliphatic heterocycles. The first-order chi connectivity index (χ1) is 31.8. The second-order valence-corrected chi connectivity index (χ2v) is 17.9. The molecule has 0 amide bonds. The summed E-state index contributed by atoms with van der Waals surface area (Å²) in [7, 11) is 0. The van der Waals surface area contributed by atoms with Crippen molar-refractivity contribution in [2.24, 2.45) is 44.4 Å². The van der Waals surface area contributed by atoms with Gasteiger partial charge in [-0.3, -0.25) is 9.98 Å². The number of hydrogen-bond acceptors (Lipinski definition) is 4. The molecule has 6 rings (SSSR count). The van der Waals surface area contributed by atoms with Crippen molar-refractivity contribution in [3.63, 3.8) is 0 Å². The first-order valence-electron chi connectivity index (χ1n) is 21.1. The zero-order chi connectivity index (χ0) is 47.3. The van der Waals surface area contributed by atoms with E-state index in [1.54, 1.807) is 0 Å². The average Bonchev–Trinajstić information content (AvgIpc) is 3.26. The standard InChI is InChI=1S/C28H26Br2N6.C27H25BrN2/c29-25-15-21(13-23(17-25)8-10-35-27(31)32)6-4-19-2-1-3-20(12-19)5-7-22-14-24(18-26(30)16-22)9-11-36-28(33)34;1-20-13-23(16-25(14-20)9-11-29)7-5-21-3-2-4-22(15-21)6-8-24-17-26(10-12-30)19-27(28)18-24/h1-3,12-18H,8-11H2,(H4,31,32,35)(H4,33,34,36);2-4,13-19H,9-12,29-30H2,1H3. The molecule has 332 valence electrons. The van der Waals surface area contributed by atoms with Crippen molar-refractivity contribution < 1.29 is 0 Å². The Morgan fingerprint density at radius 2 is 0.697 bits per heavy atom. The molecule has 0 aromatic heterocycles. The van der Waals surface area contributed by atoms with Gasteiger partial charge in [0.1, 0.15) is 0 Å². The van der Waals surface area contributed by atoms with Gasteiger partial charge in [0, 0.05) is 71.0 Å². The summed E-state index contributed by atoms with van der Waals surface area (Å²) in [5, 5.41) is 0. The van der Waals surface area contributed by atoms with Crippen LogP contribution in [0.4, 0.5) is 0 Å². The van der Waals surface area contributed by atoms with Crippen LogP contribution in [0.5, 0.6) is 0 Å². The molecule has 12 N–H and O–H groups in total. The van der Waals surface area contributed by atoms with E-state index in [1.807, 2.05) is 91.0 Å². The van der Waals surface area contributed by atoms with E-state index in [-0.39, 0.29) is 11.9 Å². The third-order valence-corrected chi connectivity index (χ3v) is 10.8. The Balaban J connectivity index is 0.000000251. The maximum atomic E-state index is 5.69. The maximum Gasteiger partial charge on any atom is 0.185 e. The minimum atomic E-state index is 0.0937. The molecule has 0 saturated heterocycles. The number of aliphatic imine (C=N–C) groups is 2. The number of nitrogens with two attached hydrogens (primary N) is 6. The lowest BCUT2D eigenvalue weighted by Crippen LogP contribution is -2.23. The van der Waals surface area contributed by atoms with Crippen molar-refractivity contribution in [1.29, 1.82) is 0 Å². The first-order valence-corrected chi connectivity index (χ1v) is 23.5. The van der Waals surface area contributed by atoms with Gasteiger partial charge in [-0.2, -0.15) is 0 Å². The lowest BCUT2D eigenvalue weighted by molar-refractivity contribution is 0.960. The second kappa shape index (κ2) is 26.4. The average molecular weight is 1060 g/mol. The predicted octanol–water partition coefficient (Wildman–Crippen LogP) is 8.20. The fourth-order valence-corrected chi connectivity index (χ4v) is 8.19. The Hall–Kier alpha value is -6.54. The zero-order valence-corrected chi connectivity index (χ0v) is 41.5. The van der Waals surface area contributed by atoms with Gasteiger partial charge in [0.2, 0.25) is 0 Å². The normalized spacial score (nSPS) is 9.91. The number of halogens is 3. The van der Waals surface area contributed by atoms with Crippen molar-refractivity contribution in [1.82, 2.24) is 0 Å². The monoisotopic (exact) mass is 1060 g/mol. The van der Waals surface area contributed by atoms with E-state index in [0.717, 1.165) is 94.7 Å². The molecular weight excluding hydrogens is 1010 g/mol. The molecule has 0 bridgehead atoms. The van der Waals surface area contributed by atoms with Crippen molar-refractivity contribution in [2.45, 2.75) is 32.6 Å². The van der Waals surface area contributed by atoms with Crippen LogP contribution in [0, 0.1) is 54.3 Å². The smallest absolute Gasteiger partial charge is 0.185 e. The highest BCUT2D eigenvalue weighted by Crippen LogP contribution is 2.19. The Morgan fingerprint density at radius 3 is 1.03 bits per heavy atom. The third kappa shape index (κ3) is 18.5. The number of guanidine groups is 2. The van der Waals surface area contributed by atoms with Gasteiger partial charge in [0.15, 0.2) is 11.9 Å². The van der Waals surface area contributed by atoms with Crippen LogP contribution in [0.2, 0.25) is 0 Å². The van der Waals surface area contributed by atoms with Crippen LogP contribution in [-0.4, -0.2) is 38.1 Å². The Morgan fingerprint density at radius 1 is 0.394 bits per heavy atom. The van der Waals surface area contributed by atoms with Crippen molar-refractivity contribution >= 4 is 59.7 Å². The van der Waals surface area contributed by atoms with Crippen LogP contribution in [0.3, 0.4) is 0 Å². The summed E-state index contributed by atoms with van der Waals surface area (Å²) in [5.41, 5.74) is 46.3. The Labute approximate surface area is 414 Å². The number of nitrogens with zero attached hydrogens (tertiary/aromatic N) is 2. The summed E-state index contributed by atoms with van der Waals surface area (Å²) in [6.45, 7) is 4.41. The number of hydrogen-bond donors (Lipinski definition) is 6. The van der Waals surface area contributed by atoms with Gasteiger partial charge >= 0.3 is 0 Å². The molecular formula is C55H51Br3N8. The Bertz CT molecular complexity index is 2780. The SMILES string of the molecule is Cc1cc(C#Cc2cccc(C#Cc3cc(Br)cc(CCN)c3)c2)cc(CCN)c1.NC(N)=NCCc1cc(Br)cc(C#Cc2cccc(C#Cc3cc(Br)cc(CCN=C(N)N)c3)c2)c1. The molecule has 0 saturated carbocycles. The van der Waals surface area contributed by atoms with Crippen molar-refractivity contribution in [3.05, 3.63) is 207 Å². The molecule has 66 heavy (non-hydrogen) atoms. The molecule has 0 heterocycles. The zero-order valence-electron chi connectivity index (χ0n) is 36.7. The van der Waals surface area contributed by atoms with E-state index in [4.69, 9.17) is 34.4 Å². The van der Waals surface area contributed by atoms with Gasteiger partial charge in [-0.1, -0.05) is 113 Å². The molecule has 0 unspecified atom stereocenters. The first kappa shape index (κ1) is 50.5. The Kier molecular flexibility index (Phi) is 20.2. The van der Waals surface area contributed by atoms with Gasteiger partial charge in [0.05, 0.1) is 0 Å². The fraction of sp³-hybridized carbons (Fsp3) is 0.164. The van der Waals surface area contributed by atoms with E-state index in [2.05, 4.69) is 142 Å². The van der Waals surface area contributed by atoms with Gasteiger partial charge < -0.3 is 34.4 Å². The molecule has 8 nitrogen and oxygen atoms in total. The molecule has 0 spiro atoms. The fourth-order valence-electron chi connectivity index (χ4n) is 6.57.